The lowest BCUT2D eigenvalue weighted by Crippen LogP contribution is -2.35. The number of amides is 2. The number of aromatic nitrogens is 3. The van der Waals surface area contributed by atoms with Crippen molar-refractivity contribution in [3.05, 3.63) is 76.8 Å². The van der Waals surface area contributed by atoms with Gasteiger partial charge in [-0.2, -0.15) is 5.10 Å². The number of hydrogen-bond donors (Lipinski definition) is 1. The molecule has 2 heterocycles. The van der Waals surface area contributed by atoms with Gasteiger partial charge in [-0.3, -0.25) is 19.6 Å². The number of hydrogen-bond acceptors (Lipinski definition) is 5. The molecule has 0 bridgehead atoms. The molecule has 8 nitrogen and oxygen atoms in total. The van der Waals surface area contributed by atoms with Crippen molar-refractivity contribution in [2.75, 3.05) is 6.61 Å². The summed E-state index contributed by atoms with van der Waals surface area (Å²) in [5.41, 5.74) is 1.36. The predicted octanol–water partition coefficient (Wildman–Crippen LogP) is 2.04. The summed E-state index contributed by atoms with van der Waals surface area (Å²) in [5.74, 6) is -2.00. The lowest BCUT2D eigenvalue weighted by Gasteiger charge is -2.06. The summed E-state index contributed by atoms with van der Waals surface area (Å²) in [7, 11) is 1.68. The number of carbonyl (C=O) groups excluding carboxylic acids is 3. The average molecular weight is 401 g/mol. The van der Waals surface area contributed by atoms with Gasteiger partial charge in [-0.15, -0.1) is 0 Å². The SMILES string of the molecule is Cn1cccc1C(=O)NC(=O)COC(=O)c1cnn(Cc2ccccc2Cl)c1. The molecule has 28 heavy (non-hydrogen) atoms. The van der Waals surface area contributed by atoms with Crippen LogP contribution in [0, 0.1) is 0 Å². The number of aryl methyl sites for hydroxylation is 1. The van der Waals surface area contributed by atoms with Crippen molar-refractivity contribution in [3.63, 3.8) is 0 Å². The zero-order valence-electron chi connectivity index (χ0n) is 15.0. The first-order chi connectivity index (χ1) is 13.4. The molecule has 0 fully saturated rings. The van der Waals surface area contributed by atoms with E-state index in [1.807, 2.05) is 18.2 Å². The smallest absolute Gasteiger partial charge is 0.341 e. The van der Waals surface area contributed by atoms with Crippen LogP contribution in [0.5, 0.6) is 0 Å². The highest BCUT2D eigenvalue weighted by molar-refractivity contribution is 6.31. The maximum Gasteiger partial charge on any atom is 0.341 e. The summed E-state index contributed by atoms with van der Waals surface area (Å²) >= 11 is 6.11. The van der Waals surface area contributed by atoms with Gasteiger partial charge in [-0.25, -0.2) is 4.79 Å². The van der Waals surface area contributed by atoms with Crippen molar-refractivity contribution < 1.29 is 19.1 Å². The van der Waals surface area contributed by atoms with Crippen molar-refractivity contribution in [3.8, 4) is 0 Å². The second kappa shape index (κ2) is 8.53. The van der Waals surface area contributed by atoms with Gasteiger partial charge in [-0.1, -0.05) is 29.8 Å². The Labute approximate surface area is 165 Å². The van der Waals surface area contributed by atoms with E-state index in [-0.39, 0.29) is 5.56 Å². The molecule has 9 heteroatoms. The number of nitrogens with one attached hydrogen (secondary N) is 1. The number of benzene rings is 1. The molecule has 3 aromatic rings. The van der Waals surface area contributed by atoms with Crippen LogP contribution in [0.25, 0.3) is 0 Å². The van der Waals surface area contributed by atoms with Crippen LogP contribution in [0.3, 0.4) is 0 Å². The van der Waals surface area contributed by atoms with E-state index in [9.17, 15) is 14.4 Å². The molecule has 1 aromatic carbocycles. The average Bonchev–Trinajstić information content (AvgIpc) is 3.30. The van der Waals surface area contributed by atoms with Gasteiger partial charge in [0.2, 0.25) is 0 Å². The third kappa shape index (κ3) is 4.66. The Hall–Kier alpha value is -3.39. The van der Waals surface area contributed by atoms with Gasteiger partial charge in [0.15, 0.2) is 6.61 Å². The van der Waals surface area contributed by atoms with Crippen molar-refractivity contribution in [1.29, 1.82) is 0 Å². The van der Waals surface area contributed by atoms with Gasteiger partial charge in [0.25, 0.3) is 11.8 Å². The highest BCUT2D eigenvalue weighted by atomic mass is 35.5. The molecule has 0 aliphatic carbocycles. The van der Waals surface area contributed by atoms with Crippen LogP contribution in [0.1, 0.15) is 26.4 Å². The Balaban J connectivity index is 1.52. The fraction of sp³-hybridized carbons (Fsp3) is 0.158. The zero-order chi connectivity index (χ0) is 20.1. The lowest BCUT2D eigenvalue weighted by molar-refractivity contribution is -0.123. The second-order valence-corrected chi connectivity index (χ2v) is 6.38. The van der Waals surface area contributed by atoms with E-state index in [0.717, 1.165) is 5.56 Å². The maximum absolute atomic E-state index is 12.1. The fourth-order valence-electron chi connectivity index (χ4n) is 2.49. The van der Waals surface area contributed by atoms with E-state index in [2.05, 4.69) is 10.4 Å². The summed E-state index contributed by atoms with van der Waals surface area (Å²) in [4.78, 5) is 35.8. The van der Waals surface area contributed by atoms with Crippen molar-refractivity contribution >= 4 is 29.4 Å². The highest BCUT2D eigenvalue weighted by Gasteiger charge is 2.16. The molecule has 0 aliphatic rings. The molecule has 0 aliphatic heterocycles. The summed E-state index contributed by atoms with van der Waals surface area (Å²) < 4.78 is 8.05. The number of halogens is 1. The Morgan fingerprint density at radius 1 is 1.18 bits per heavy atom. The standard InChI is InChI=1S/C19H17ClN4O4/c1-23-8-4-7-16(23)18(26)22-17(25)12-28-19(27)14-9-21-24(11-14)10-13-5-2-3-6-15(13)20/h2-9,11H,10,12H2,1H3,(H,22,25,26). The van der Waals surface area contributed by atoms with Crippen LogP contribution in [-0.4, -0.2) is 38.7 Å². The monoisotopic (exact) mass is 400 g/mol. The molecule has 0 saturated carbocycles. The van der Waals surface area contributed by atoms with E-state index in [0.29, 0.717) is 17.3 Å². The van der Waals surface area contributed by atoms with Gasteiger partial charge in [-0.05, 0) is 23.8 Å². The third-order valence-electron chi connectivity index (χ3n) is 3.92. The third-order valence-corrected chi connectivity index (χ3v) is 4.29. The van der Waals surface area contributed by atoms with Crippen LogP contribution in [-0.2, 0) is 23.1 Å². The van der Waals surface area contributed by atoms with E-state index in [1.165, 1.54) is 17.1 Å². The second-order valence-electron chi connectivity index (χ2n) is 5.98. The molecular weight excluding hydrogens is 384 g/mol. The molecule has 3 rings (SSSR count). The largest absolute Gasteiger partial charge is 0.452 e. The Kier molecular flexibility index (Phi) is 5.90. The van der Waals surface area contributed by atoms with Gasteiger partial charge in [0.05, 0.1) is 18.3 Å². The predicted molar refractivity (Wildman–Crippen MR) is 101 cm³/mol. The molecule has 2 amide bonds. The molecule has 0 spiro atoms. The normalized spacial score (nSPS) is 10.5. The molecule has 1 N–H and O–H groups in total. The van der Waals surface area contributed by atoms with Gasteiger partial charge in [0, 0.05) is 24.5 Å². The van der Waals surface area contributed by atoms with E-state index < -0.39 is 24.4 Å². The molecule has 0 saturated heterocycles. The number of rotatable bonds is 6. The summed E-state index contributed by atoms with van der Waals surface area (Å²) in [6, 6.07) is 10.6. The number of ether oxygens (including phenoxy) is 1. The van der Waals surface area contributed by atoms with Crippen molar-refractivity contribution in [2.45, 2.75) is 6.54 Å². The summed E-state index contributed by atoms with van der Waals surface area (Å²) in [6.07, 6.45) is 4.52. The van der Waals surface area contributed by atoms with Gasteiger partial charge >= 0.3 is 5.97 Å². The minimum absolute atomic E-state index is 0.189. The maximum atomic E-state index is 12.1. The fourth-order valence-corrected chi connectivity index (χ4v) is 2.69. The number of esters is 1. The first-order valence-electron chi connectivity index (χ1n) is 8.32. The zero-order valence-corrected chi connectivity index (χ0v) is 15.7. The topological polar surface area (TPSA) is 95.2 Å². The number of carbonyl (C=O) groups is 3. The molecular formula is C19H17ClN4O4. The highest BCUT2D eigenvalue weighted by Crippen LogP contribution is 2.16. The minimum atomic E-state index is -0.719. The van der Waals surface area contributed by atoms with Crippen LogP contribution in [0.15, 0.2) is 55.0 Å². The Morgan fingerprint density at radius 3 is 2.68 bits per heavy atom. The van der Waals surface area contributed by atoms with Crippen LogP contribution >= 0.6 is 11.6 Å². The van der Waals surface area contributed by atoms with Crippen LogP contribution < -0.4 is 5.32 Å². The van der Waals surface area contributed by atoms with Crippen LogP contribution in [0.4, 0.5) is 0 Å². The lowest BCUT2D eigenvalue weighted by atomic mass is 10.2. The van der Waals surface area contributed by atoms with Gasteiger partial charge in [0.1, 0.15) is 5.69 Å². The first-order valence-corrected chi connectivity index (χ1v) is 8.70. The molecule has 0 unspecified atom stereocenters. The summed E-state index contributed by atoms with van der Waals surface area (Å²) in [5, 5.41) is 6.85. The molecule has 0 radical (unpaired) electrons. The first kappa shape index (κ1) is 19.4. The van der Waals surface area contributed by atoms with E-state index in [4.69, 9.17) is 16.3 Å². The quantitative estimate of drug-likeness (QED) is 0.639. The Bertz CT molecular complexity index is 1020. The van der Waals surface area contributed by atoms with Crippen molar-refractivity contribution in [2.24, 2.45) is 7.05 Å². The number of imide groups is 1. The van der Waals surface area contributed by atoms with Gasteiger partial charge < -0.3 is 9.30 Å². The van der Waals surface area contributed by atoms with Crippen molar-refractivity contribution in [1.82, 2.24) is 19.7 Å². The molecule has 144 valence electrons. The number of nitrogens with zero attached hydrogens (tertiary/aromatic N) is 3. The van der Waals surface area contributed by atoms with E-state index >= 15 is 0 Å². The van der Waals surface area contributed by atoms with E-state index in [1.54, 1.807) is 36.0 Å². The van der Waals surface area contributed by atoms with Crippen LogP contribution in [0.2, 0.25) is 5.02 Å². The molecule has 2 aromatic heterocycles. The minimum Gasteiger partial charge on any atom is -0.452 e. The summed E-state index contributed by atoms with van der Waals surface area (Å²) in [6.45, 7) is -0.191. The molecule has 0 atom stereocenters. The Morgan fingerprint density at radius 2 is 1.96 bits per heavy atom.